The number of nitrogens with zero attached hydrogens (tertiary/aromatic N) is 3. The zero-order chi connectivity index (χ0) is 8.97. The molecule has 0 saturated heterocycles. The second-order valence-electron chi connectivity index (χ2n) is 2.11. The summed E-state index contributed by atoms with van der Waals surface area (Å²) >= 11 is 0. The zero-order valence-electron chi connectivity index (χ0n) is 6.64. The molecule has 0 radical (unpaired) electrons. The highest BCUT2D eigenvalue weighted by Gasteiger charge is 2.00. The molecule has 0 aliphatic carbocycles. The van der Waals surface area contributed by atoms with Crippen LogP contribution in [0.15, 0.2) is 30.5 Å². The van der Waals surface area contributed by atoms with E-state index in [-0.39, 0.29) is 0 Å². The number of hydrogen-bond donors (Lipinski definition) is 1. The summed E-state index contributed by atoms with van der Waals surface area (Å²) in [6, 6.07) is 0. The monoisotopic (exact) mass is 162 g/mol. The molecule has 1 heterocycles. The average Bonchev–Trinajstić information content (AvgIpc) is 2.42. The minimum Gasteiger partial charge on any atom is -0.323 e. The third-order valence-electron chi connectivity index (χ3n) is 1.31. The molecular weight excluding hydrogens is 152 g/mol. The van der Waals surface area contributed by atoms with E-state index in [0.29, 0.717) is 5.69 Å². The van der Waals surface area contributed by atoms with Gasteiger partial charge in [-0.2, -0.15) is 9.89 Å². The Labute approximate surface area is 70.7 Å². The van der Waals surface area contributed by atoms with Gasteiger partial charge in [-0.05, 0) is 0 Å². The molecule has 4 nitrogen and oxygen atoms in total. The molecule has 0 unspecified atom stereocenters. The normalized spacial score (nSPS) is 10.3. The number of nitrogen functional groups attached to an aromatic ring is 1. The fourth-order valence-corrected chi connectivity index (χ4v) is 0.801. The van der Waals surface area contributed by atoms with Gasteiger partial charge in [0.2, 0.25) is 0 Å². The molecule has 1 rings (SSSR count). The molecule has 2 N–H and O–H groups in total. The molecular formula is C8H10N4. The van der Waals surface area contributed by atoms with E-state index in [1.807, 2.05) is 0 Å². The Morgan fingerprint density at radius 3 is 2.92 bits per heavy atom. The molecule has 12 heavy (non-hydrogen) atoms. The van der Waals surface area contributed by atoms with E-state index in [0.717, 1.165) is 5.56 Å². The van der Waals surface area contributed by atoms with Crippen LogP contribution in [-0.4, -0.2) is 16.1 Å². The number of aliphatic imine (C=N–C) groups is 1. The summed E-state index contributed by atoms with van der Waals surface area (Å²) in [7, 11) is 0. The van der Waals surface area contributed by atoms with Crippen molar-refractivity contribution in [1.82, 2.24) is 9.89 Å². The lowest BCUT2D eigenvalue weighted by Crippen LogP contribution is -2.08. The van der Waals surface area contributed by atoms with Gasteiger partial charge in [0, 0.05) is 11.8 Å². The first kappa shape index (κ1) is 8.26. The van der Waals surface area contributed by atoms with Crippen LogP contribution in [0.25, 0.3) is 6.08 Å². The van der Waals surface area contributed by atoms with Crippen molar-refractivity contribution in [2.45, 2.75) is 0 Å². The summed E-state index contributed by atoms with van der Waals surface area (Å²) in [4.78, 5) is 5.05. The Morgan fingerprint density at radius 2 is 2.33 bits per heavy atom. The van der Waals surface area contributed by atoms with Crippen LogP contribution in [0.1, 0.15) is 11.3 Å². The highest BCUT2D eigenvalue weighted by molar-refractivity contribution is 5.82. The molecule has 62 valence electrons. The van der Waals surface area contributed by atoms with Crippen molar-refractivity contribution in [2.75, 3.05) is 5.84 Å². The van der Waals surface area contributed by atoms with Crippen LogP contribution < -0.4 is 5.84 Å². The molecule has 0 atom stereocenters. The molecule has 0 fully saturated rings. The van der Waals surface area contributed by atoms with Crippen molar-refractivity contribution in [3.8, 4) is 0 Å². The van der Waals surface area contributed by atoms with E-state index in [4.69, 9.17) is 5.84 Å². The minimum absolute atomic E-state index is 0.687. The molecule has 0 saturated carbocycles. The van der Waals surface area contributed by atoms with Gasteiger partial charge in [-0.1, -0.05) is 19.2 Å². The van der Waals surface area contributed by atoms with Gasteiger partial charge in [0.15, 0.2) is 0 Å². The zero-order valence-corrected chi connectivity index (χ0v) is 6.64. The van der Waals surface area contributed by atoms with E-state index in [9.17, 15) is 0 Å². The van der Waals surface area contributed by atoms with Gasteiger partial charge in [0.25, 0.3) is 0 Å². The van der Waals surface area contributed by atoms with Crippen LogP contribution in [0, 0.1) is 0 Å². The summed E-state index contributed by atoms with van der Waals surface area (Å²) < 4.78 is 0. The Morgan fingerprint density at radius 1 is 1.58 bits per heavy atom. The average molecular weight is 162 g/mol. The maximum Gasteiger partial charge on any atom is 0.113 e. The van der Waals surface area contributed by atoms with E-state index < -0.39 is 0 Å². The van der Waals surface area contributed by atoms with Crippen molar-refractivity contribution in [3.63, 3.8) is 0 Å². The number of nitrogens with two attached hydrogens (primary N) is 1. The summed E-state index contributed by atoms with van der Waals surface area (Å²) in [6.45, 7) is 7.07. The van der Waals surface area contributed by atoms with Gasteiger partial charge in [-0.25, -0.2) is 0 Å². The summed E-state index contributed by atoms with van der Waals surface area (Å²) in [5, 5.41) is 3.95. The first-order valence-corrected chi connectivity index (χ1v) is 3.39. The van der Waals surface area contributed by atoms with Crippen molar-refractivity contribution in [1.29, 1.82) is 0 Å². The first-order chi connectivity index (χ1) is 5.77. The maximum absolute atomic E-state index is 5.40. The van der Waals surface area contributed by atoms with Gasteiger partial charge in [-0.15, -0.1) is 0 Å². The SMILES string of the molecule is C=C/N=C\c1nn(N)cc1C=C. The lowest BCUT2D eigenvalue weighted by Gasteiger charge is -1.84. The summed E-state index contributed by atoms with van der Waals surface area (Å²) in [5.41, 5.74) is 1.54. The second kappa shape index (κ2) is 3.52. The predicted octanol–water partition coefficient (Wildman–Crippen LogP) is 0.802. The summed E-state index contributed by atoms with van der Waals surface area (Å²) in [5.74, 6) is 5.40. The quantitative estimate of drug-likeness (QED) is 0.528. The van der Waals surface area contributed by atoms with Gasteiger partial charge in [0.05, 0.1) is 12.4 Å². The third-order valence-corrected chi connectivity index (χ3v) is 1.31. The Bertz CT molecular complexity index is 322. The maximum atomic E-state index is 5.40. The summed E-state index contributed by atoms with van der Waals surface area (Å²) in [6.07, 6.45) is 6.34. The van der Waals surface area contributed by atoms with Gasteiger partial charge >= 0.3 is 0 Å². The van der Waals surface area contributed by atoms with Crippen LogP contribution >= 0.6 is 0 Å². The molecule has 0 bridgehead atoms. The van der Waals surface area contributed by atoms with Crippen LogP contribution in [0.2, 0.25) is 0 Å². The molecule has 0 spiro atoms. The second-order valence-corrected chi connectivity index (χ2v) is 2.11. The van der Waals surface area contributed by atoms with Crippen molar-refractivity contribution >= 4 is 12.3 Å². The highest BCUT2D eigenvalue weighted by atomic mass is 15.5. The number of aromatic nitrogens is 2. The van der Waals surface area contributed by atoms with E-state index in [1.165, 1.54) is 11.0 Å². The molecule has 4 heteroatoms. The van der Waals surface area contributed by atoms with Gasteiger partial charge in [-0.3, -0.25) is 4.99 Å². The topological polar surface area (TPSA) is 56.2 Å². The Hall–Kier alpha value is -1.84. The number of rotatable bonds is 3. The molecule has 1 aromatic heterocycles. The van der Waals surface area contributed by atoms with E-state index >= 15 is 0 Å². The molecule has 0 amide bonds. The van der Waals surface area contributed by atoms with Crippen molar-refractivity contribution in [2.24, 2.45) is 4.99 Å². The van der Waals surface area contributed by atoms with Crippen molar-refractivity contribution < 1.29 is 0 Å². The lowest BCUT2D eigenvalue weighted by molar-refractivity contribution is 0.829. The number of hydrogen-bond acceptors (Lipinski definition) is 3. The fraction of sp³-hybridized carbons (Fsp3) is 0. The largest absolute Gasteiger partial charge is 0.323 e. The smallest absolute Gasteiger partial charge is 0.113 e. The van der Waals surface area contributed by atoms with Crippen LogP contribution in [0.4, 0.5) is 0 Å². The highest BCUT2D eigenvalue weighted by Crippen LogP contribution is 2.03. The Balaban J connectivity index is 3.04. The van der Waals surface area contributed by atoms with Crippen LogP contribution in [0.3, 0.4) is 0 Å². The fourth-order valence-electron chi connectivity index (χ4n) is 0.801. The molecule has 0 aliphatic heterocycles. The van der Waals surface area contributed by atoms with E-state index in [2.05, 4.69) is 23.2 Å². The van der Waals surface area contributed by atoms with Crippen molar-refractivity contribution in [3.05, 3.63) is 36.8 Å². The lowest BCUT2D eigenvalue weighted by atomic mass is 10.2. The molecule has 1 aromatic rings. The van der Waals surface area contributed by atoms with Gasteiger partial charge in [0.1, 0.15) is 5.69 Å². The molecule has 0 aliphatic rings. The Kier molecular flexibility index (Phi) is 2.42. The van der Waals surface area contributed by atoms with Crippen LogP contribution in [-0.2, 0) is 0 Å². The van der Waals surface area contributed by atoms with Gasteiger partial charge < -0.3 is 5.84 Å². The van der Waals surface area contributed by atoms with E-state index in [1.54, 1.807) is 18.5 Å². The molecule has 0 aromatic carbocycles. The first-order valence-electron chi connectivity index (χ1n) is 3.39. The predicted molar refractivity (Wildman–Crippen MR) is 50.3 cm³/mol. The standard InChI is InChI=1S/C8H10N4/c1-3-7-6-12(9)11-8(7)5-10-4-2/h3-6H,1-2,9H2/b10-5-. The minimum atomic E-state index is 0.687. The third kappa shape index (κ3) is 1.60. The van der Waals surface area contributed by atoms with Crippen LogP contribution in [0.5, 0.6) is 0 Å².